The van der Waals surface area contributed by atoms with E-state index >= 15 is 0 Å². The minimum atomic E-state index is -1.64. The summed E-state index contributed by atoms with van der Waals surface area (Å²) in [6, 6.07) is 32.0. The van der Waals surface area contributed by atoms with Crippen LogP contribution in [0.15, 0.2) is 109 Å². The first kappa shape index (κ1) is 41.1. The molecule has 0 fully saturated rings. The Hall–Kier alpha value is -4.59. The van der Waals surface area contributed by atoms with E-state index in [4.69, 9.17) is 60.6 Å². The van der Waals surface area contributed by atoms with E-state index in [1.165, 1.54) is 0 Å². The third kappa shape index (κ3) is 8.54. The number of hydrogen-bond donors (Lipinski definition) is 0. The second-order valence-corrected chi connectivity index (χ2v) is 15.4. The van der Waals surface area contributed by atoms with Crippen LogP contribution in [0.4, 0.5) is 11.4 Å². The summed E-state index contributed by atoms with van der Waals surface area (Å²) in [6.07, 6.45) is 5.61. The van der Waals surface area contributed by atoms with Crippen molar-refractivity contribution in [3.63, 3.8) is 0 Å². The normalized spacial score (nSPS) is 15.4. The van der Waals surface area contributed by atoms with Crippen molar-refractivity contribution >= 4 is 74.9 Å². The molecule has 1 aliphatic rings. The van der Waals surface area contributed by atoms with Crippen LogP contribution in [0.2, 0.25) is 20.1 Å². The van der Waals surface area contributed by atoms with Crippen molar-refractivity contribution in [2.24, 2.45) is 0 Å². The van der Waals surface area contributed by atoms with Gasteiger partial charge in [-0.3, -0.25) is 0 Å². The summed E-state index contributed by atoms with van der Waals surface area (Å²) in [5.41, 5.74) is 5.70. The molecule has 0 saturated carbocycles. The molecule has 0 atom stereocenters. The smallest absolute Gasteiger partial charge is 0.341 e. The van der Waals surface area contributed by atoms with Gasteiger partial charge in [-0.05, 0) is 107 Å². The highest BCUT2D eigenvalue weighted by Crippen LogP contribution is 2.53. The molecule has 6 nitrogen and oxygen atoms in total. The number of hydrogen-bond acceptors (Lipinski definition) is 6. The number of anilines is 2. The highest BCUT2D eigenvalue weighted by molar-refractivity contribution is 6.53. The maximum atomic E-state index is 14.2. The maximum absolute atomic E-state index is 14.2. The molecule has 0 saturated heterocycles. The van der Waals surface area contributed by atoms with Crippen molar-refractivity contribution < 1.29 is 19.0 Å². The van der Waals surface area contributed by atoms with Crippen molar-refractivity contribution in [3.05, 3.63) is 163 Å². The van der Waals surface area contributed by atoms with Crippen LogP contribution < -0.4 is 19.3 Å². The molecule has 6 rings (SSSR count). The Labute approximate surface area is 349 Å². The summed E-state index contributed by atoms with van der Waals surface area (Å²) in [5, 5.41) is 0.0197. The summed E-state index contributed by atoms with van der Waals surface area (Å²) in [5.74, 6) is 0.807. The zero-order valence-corrected chi connectivity index (χ0v) is 35.3. The number of rotatable bonds is 14. The van der Waals surface area contributed by atoms with E-state index in [0.717, 1.165) is 69.1 Å². The molecule has 0 N–H and O–H groups in total. The van der Waals surface area contributed by atoms with Gasteiger partial charge in [0, 0.05) is 45.1 Å². The molecule has 0 spiro atoms. The van der Waals surface area contributed by atoms with Gasteiger partial charge >= 0.3 is 5.97 Å². The van der Waals surface area contributed by atoms with Gasteiger partial charge < -0.3 is 24.0 Å². The van der Waals surface area contributed by atoms with Crippen LogP contribution in [0, 0.1) is 0 Å². The van der Waals surface area contributed by atoms with E-state index in [0.29, 0.717) is 18.8 Å². The van der Waals surface area contributed by atoms with Gasteiger partial charge in [0.25, 0.3) is 0 Å². The minimum Gasteiger partial charge on any atom is -0.494 e. The van der Waals surface area contributed by atoms with E-state index < -0.39 is 11.6 Å². The number of nitrogens with zero attached hydrogens (tertiary/aromatic N) is 2. The lowest BCUT2D eigenvalue weighted by Crippen LogP contribution is -2.23. The summed E-state index contributed by atoms with van der Waals surface area (Å²) in [6.45, 7) is 5.33. The van der Waals surface area contributed by atoms with Gasteiger partial charge in [0.05, 0.1) is 38.9 Å². The van der Waals surface area contributed by atoms with Gasteiger partial charge in [-0.15, -0.1) is 0 Å². The van der Waals surface area contributed by atoms with Crippen LogP contribution in [-0.2, 0) is 10.3 Å². The lowest BCUT2D eigenvalue weighted by Gasteiger charge is -2.27. The predicted octanol–water partition coefficient (Wildman–Crippen LogP) is 12.6. The third-order valence-electron chi connectivity index (χ3n) is 9.51. The largest absolute Gasteiger partial charge is 0.494 e. The summed E-state index contributed by atoms with van der Waals surface area (Å²) in [7, 11) is 7.96. The first-order valence-electron chi connectivity index (χ1n) is 18.4. The van der Waals surface area contributed by atoms with E-state index in [1.807, 2.05) is 147 Å². The Kier molecular flexibility index (Phi) is 13.0. The lowest BCUT2D eigenvalue weighted by atomic mass is 9.83. The molecule has 0 aliphatic carbocycles. The molecular weight excluding hydrogens is 786 g/mol. The van der Waals surface area contributed by atoms with Crippen molar-refractivity contribution in [3.8, 4) is 11.5 Å². The molecule has 0 aromatic heterocycles. The Balaban J connectivity index is 1.70. The number of esters is 1. The van der Waals surface area contributed by atoms with Crippen molar-refractivity contribution in [2.75, 3.05) is 51.2 Å². The number of carbonyl (C=O) groups is 1. The molecule has 1 aliphatic heterocycles. The summed E-state index contributed by atoms with van der Waals surface area (Å²) >= 11 is 27.4. The predicted molar refractivity (Wildman–Crippen MR) is 234 cm³/mol. The van der Waals surface area contributed by atoms with E-state index in [-0.39, 0.29) is 25.7 Å². The number of ether oxygens (including phenoxy) is 3. The number of halogens is 4. The number of benzene rings is 5. The number of carbonyl (C=O) groups excluding carboxylic acids is 1. The number of fused-ring (bicyclic) bond motifs is 1. The molecular formula is C46H44Cl4N2O4. The second-order valence-electron chi connectivity index (χ2n) is 13.9. The van der Waals surface area contributed by atoms with Crippen LogP contribution in [0.25, 0.3) is 11.1 Å². The Morgan fingerprint density at radius 2 is 0.929 bits per heavy atom. The van der Waals surface area contributed by atoms with E-state index in [1.54, 1.807) is 0 Å². The topological polar surface area (TPSA) is 51.2 Å². The van der Waals surface area contributed by atoms with E-state index in [2.05, 4.69) is 13.8 Å². The zero-order chi connectivity index (χ0) is 40.1. The molecule has 0 unspecified atom stereocenters. The lowest BCUT2D eigenvalue weighted by molar-refractivity contribution is 0.0300. The molecule has 290 valence electrons. The van der Waals surface area contributed by atoms with Crippen LogP contribution in [0.1, 0.15) is 64.9 Å². The zero-order valence-electron chi connectivity index (χ0n) is 32.3. The van der Waals surface area contributed by atoms with Crippen LogP contribution in [-0.4, -0.2) is 47.4 Å². The van der Waals surface area contributed by atoms with Gasteiger partial charge in [0.15, 0.2) is 5.60 Å². The summed E-state index contributed by atoms with van der Waals surface area (Å²) < 4.78 is 18.4. The molecule has 0 amide bonds. The Bertz CT molecular complexity index is 2130. The SMILES string of the molecule is CCCOc1ccc(C(=CC2(C=C(c3ccc(OCCC)cc3)c3ccc(N(C)C)cc3)OC(=O)c3c(Cl)c(Cl)c(Cl)c(Cl)c32)c2ccc(N(C)C)cc2)cc1. The van der Waals surface area contributed by atoms with Crippen molar-refractivity contribution in [1.82, 2.24) is 0 Å². The molecule has 5 aromatic rings. The van der Waals surface area contributed by atoms with Crippen molar-refractivity contribution in [1.29, 1.82) is 0 Å². The average molecular weight is 831 g/mol. The fourth-order valence-corrected chi connectivity index (χ4v) is 7.64. The Morgan fingerprint density at radius 3 is 1.29 bits per heavy atom. The van der Waals surface area contributed by atoms with Gasteiger partial charge in [0.1, 0.15) is 11.5 Å². The quantitative estimate of drug-likeness (QED) is 0.0631. The second kappa shape index (κ2) is 17.7. The van der Waals surface area contributed by atoms with Gasteiger partial charge in [-0.25, -0.2) is 4.79 Å². The first-order valence-corrected chi connectivity index (χ1v) is 20.0. The molecule has 0 radical (unpaired) electrons. The fraction of sp³-hybridized carbons (Fsp3) is 0.239. The standard InChI is InChI=1S/C46H44Cl4N2O4/c1-7-25-54-35-21-13-31(14-22-35)37(29-9-17-33(18-10-29)51(3)4)27-46(40-39(45(53)56-46)41(47)43(49)44(50)42(40)48)28-38(30-11-19-34(20-12-30)52(5)6)32-15-23-36(24-16-32)55-26-8-2/h9-24,27-28H,7-8,25-26H2,1-6H3. The summed E-state index contributed by atoms with van der Waals surface area (Å²) in [4.78, 5) is 18.3. The molecule has 1 heterocycles. The number of cyclic esters (lactones) is 1. The average Bonchev–Trinajstić information content (AvgIpc) is 3.50. The van der Waals surface area contributed by atoms with Crippen molar-refractivity contribution in [2.45, 2.75) is 32.3 Å². The molecule has 5 aromatic carbocycles. The van der Waals surface area contributed by atoms with E-state index in [9.17, 15) is 4.79 Å². The highest BCUT2D eigenvalue weighted by Gasteiger charge is 2.48. The molecule has 10 heteroatoms. The molecule has 56 heavy (non-hydrogen) atoms. The van der Waals surface area contributed by atoms with Gasteiger partial charge in [-0.1, -0.05) is 109 Å². The highest BCUT2D eigenvalue weighted by atomic mass is 35.5. The fourth-order valence-electron chi connectivity index (χ4n) is 6.57. The minimum absolute atomic E-state index is 0.0187. The Morgan fingerprint density at radius 1 is 0.571 bits per heavy atom. The van der Waals surface area contributed by atoms with Crippen LogP contribution >= 0.6 is 46.4 Å². The van der Waals surface area contributed by atoms with Crippen LogP contribution in [0.3, 0.4) is 0 Å². The molecule has 0 bridgehead atoms. The third-order valence-corrected chi connectivity index (χ3v) is 11.3. The van der Waals surface area contributed by atoms with Gasteiger partial charge in [0.2, 0.25) is 0 Å². The van der Waals surface area contributed by atoms with Crippen LogP contribution in [0.5, 0.6) is 11.5 Å². The van der Waals surface area contributed by atoms with Gasteiger partial charge in [-0.2, -0.15) is 0 Å². The first-order chi connectivity index (χ1) is 26.9. The monoisotopic (exact) mass is 828 g/mol. The maximum Gasteiger partial charge on any atom is 0.341 e.